The molecule has 0 atom stereocenters. The van der Waals surface area contributed by atoms with Crippen molar-refractivity contribution in [2.75, 3.05) is 11.4 Å². The fourth-order valence-electron chi connectivity index (χ4n) is 3.46. The third kappa shape index (κ3) is 2.24. The third-order valence-corrected chi connectivity index (χ3v) is 4.73. The highest BCUT2D eigenvalue weighted by Crippen LogP contribution is 2.29. The van der Waals surface area contributed by atoms with Gasteiger partial charge in [0, 0.05) is 42.6 Å². The zero-order valence-corrected chi connectivity index (χ0v) is 13.5. The van der Waals surface area contributed by atoms with E-state index in [1.807, 2.05) is 70.5 Å². The number of carbonyl (C=O) groups excluding carboxylic acids is 1. The normalized spacial score (nSPS) is 13.4. The summed E-state index contributed by atoms with van der Waals surface area (Å²) in [6, 6.07) is 14.0. The minimum atomic E-state index is -0.0446. The molecule has 4 heterocycles. The minimum absolute atomic E-state index is 0.0446. The Morgan fingerprint density at radius 2 is 1.96 bits per heavy atom. The van der Waals surface area contributed by atoms with E-state index in [4.69, 9.17) is 0 Å². The number of imidazole rings is 1. The molecule has 0 saturated heterocycles. The van der Waals surface area contributed by atoms with Crippen LogP contribution < -0.4 is 4.90 Å². The summed E-state index contributed by atoms with van der Waals surface area (Å²) in [7, 11) is 0. The number of fused-ring (bicyclic) bond motifs is 2. The second-order valence-electron chi connectivity index (χ2n) is 6.24. The molecule has 122 valence electrons. The van der Waals surface area contributed by atoms with Crippen molar-refractivity contribution < 1.29 is 4.79 Å². The number of amides is 1. The van der Waals surface area contributed by atoms with Crippen LogP contribution in [-0.4, -0.2) is 26.8 Å². The lowest BCUT2D eigenvalue weighted by atomic mass is 10.1. The van der Waals surface area contributed by atoms with Crippen molar-refractivity contribution in [3.8, 4) is 11.1 Å². The number of anilines is 1. The number of H-pyrrole nitrogens is 1. The second kappa shape index (κ2) is 5.34. The molecule has 5 nitrogen and oxygen atoms in total. The SMILES string of the molecule is O=C(c1cn2cc(-c3cc[nH]c3)ccc2n1)N1CCc2ccccc21. The largest absolute Gasteiger partial charge is 0.367 e. The first-order valence-corrected chi connectivity index (χ1v) is 8.31. The van der Waals surface area contributed by atoms with Crippen LogP contribution in [0, 0.1) is 0 Å². The van der Waals surface area contributed by atoms with E-state index in [1.165, 1.54) is 5.56 Å². The van der Waals surface area contributed by atoms with Gasteiger partial charge in [0.2, 0.25) is 0 Å². The summed E-state index contributed by atoms with van der Waals surface area (Å²) in [6.07, 6.45) is 8.56. The number of aromatic amines is 1. The quantitative estimate of drug-likeness (QED) is 0.612. The fourth-order valence-corrected chi connectivity index (χ4v) is 3.46. The van der Waals surface area contributed by atoms with E-state index in [0.717, 1.165) is 28.9 Å². The van der Waals surface area contributed by atoms with Gasteiger partial charge in [-0.05, 0) is 41.8 Å². The van der Waals surface area contributed by atoms with Crippen LogP contribution in [-0.2, 0) is 6.42 Å². The monoisotopic (exact) mass is 328 g/mol. The number of para-hydroxylation sites is 1. The van der Waals surface area contributed by atoms with Gasteiger partial charge in [0.25, 0.3) is 5.91 Å². The Kier molecular flexibility index (Phi) is 3.00. The predicted molar refractivity (Wildman–Crippen MR) is 96.8 cm³/mol. The summed E-state index contributed by atoms with van der Waals surface area (Å²) in [5, 5.41) is 0. The number of nitrogens with one attached hydrogen (secondary N) is 1. The molecule has 5 heteroatoms. The van der Waals surface area contributed by atoms with E-state index >= 15 is 0 Å². The lowest BCUT2D eigenvalue weighted by Crippen LogP contribution is -2.29. The smallest absolute Gasteiger partial charge is 0.278 e. The molecule has 0 bridgehead atoms. The lowest BCUT2D eigenvalue weighted by molar-refractivity contribution is 0.0985. The number of hydrogen-bond acceptors (Lipinski definition) is 2. The molecule has 3 aromatic heterocycles. The molecule has 0 aliphatic carbocycles. The van der Waals surface area contributed by atoms with Crippen molar-refractivity contribution in [3.63, 3.8) is 0 Å². The van der Waals surface area contributed by atoms with Crippen LogP contribution in [0.5, 0.6) is 0 Å². The minimum Gasteiger partial charge on any atom is -0.367 e. The first-order valence-electron chi connectivity index (χ1n) is 8.31. The number of rotatable bonds is 2. The summed E-state index contributed by atoms with van der Waals surface area (Å²) in [4.78, 5) is 22.3. The zero-order chi connectivity index (χ0) is 16.8. The molecular weight excluding hydrogens is 312 g/mol. The van der Waals surface area contributed by atoms with E-state index in [9.17, 15) is 4.79 Å². The maximum Gasteiger partial charge on any atom is 0.278 e. The van der Waals surface area contributed by atoms with Crippen molar-refractivity contribution in [2.24, 2.45) is 0 Å². The summed E-state index contributed by atoms with van der Waals surface area (Å²) in [5.74, 6) is -0.0446. The second-order valence-corrected chi connectivity index (χ2v) is 6.24. The summed E-state index contributed by atoms with van der Waals surface area (Å²) >= 11 is 0. The summed E-state index contributed by atoms with van der Waals surface area (Å²) < 4.78 is 1.91. The Labute approximate surface area is 144 Å². The van der Waals surface area contributed by atoms with Crippen LogP contribution in [0.3, 0.4) is 0 Å². The van der Waals surface area contributed by atoms with Gasteiger partial charge in [-0.1, -0.05) is 18.2 Å². The van der Waals surface area contributed by atoms with Crippen LogP contribution in [0.25, 0.3) is 16.8 Å². The molecule has 25 heavy (non-hydrogen) atoms. The molecule has 0 fully saturated rings. The lowest BCUT2D eigenvalue weighted by Gasteiger charge is -2.15. The molecule has 5 rings (SSSR count). The van der Waals surface area contributed by atoms with E-state index in [0.29, 0.717) is 12.2 Å². The van der Waals surface area contributed by atoms with Gasteiger partial charge in [0.15, 0.2) is 0 Å². The van der Waals surface area contributed by atoms with E-state index in [2.05, 4.69) is 16.0 Å². The van der Waals surface area contributed by atoms with Crippen LogP contribution in [0.15, 0.2) is 67.3 Å². The van der Waals surface area contributed by atoms with Crippen molar-refractivity contribution in [1.29, 1.82) is 0 Å². The summed E-state index contributed by atoms with van der Waals surface area (Å²) in [5.41, 5.74) is 5.65. The van der Waals surface area contributed by atoms with Gasteiger partial charge in [-0.25, -0.2) is 4.98 Å². The fraction of sp³-hybridized carbons (Fsp3) is 0.100. The molecule has 4 aromatic rings. The van der Waals surface area contributed by atoms with Crippen molar-refractivity contribution in [1.82, 2.24) is 14.4 Å². The van der Waals surface area contributed by atoms with Crippen LogP contribution in [0.2, 0.25) is 0 Å². The van der Waals surface area contributed by atoms with Crippen molar-refractivity contribution in [2.45, 2.75) is 6.42 Å². The van der Waals surface area contributed by atoms with Crippen molar-refractivity contribution in [3.05, 3.63) is 78.5 Å². The number of pyridine rings is 1. The molecule has 0 unspecified atom stereocenters. The van der Waals surface area contributed by atoms with Gasteiger partial charge in [-0.3, -0.25) is 4.79 Å². The standard InChI is InChI=1S/C20H16N4O/c25-20(24-10-8-14-3-1-2-4-18(14)24)17-13-23-12-16(5-6-19(23)22-17)15-7-9-21-11-15/h1-7,9,11-13,21H,8,10H2. The highest BCUT2D eigenvalue weighted by atomic mass is 16.2. The first kappa shape index (κ1) is 14.0. The topological polar surface area (TPSA) is 53.4 Å². The van der Waals surface area contributed by atoms with Gasteiger partial charge >= 0.3 is 0 Å². The Balaban J connectivity index is 1.52. The van der Waals surface area contributed by atoms with Gasteiger partial charge in [0.1, 0.15) is 11.3 Å². The molecule has 1 aliphatic heterocycles. The number of benzene rings is 1. The third-order valence-electron chi connectivity index (χ3n) is 4.73. The van der Waals surface area contributed by atoms with Gasteiger partial charge < -0.3 is 14.3 Å². The molecule has 1 aliphatic rings. The predicted octanol–water partition coefficient (Wildman–Crippen LogP) is 3.53. The highest BCUT2D eigenvalue weighted by molar-refractivity contribution is 6.06. The highest BCUT2D eigenvalue weighted by Gasteiger charge is 2.26. The maximum absolute atomic E-state index is 12.9. The molecule has 0 radical (unpaired) electrons. The van der Waals surface area contributed by atoms with Gasteiger partial charge in [-0.2, -0.15) is 0 Å². The molecule has 0 spiro atoms. The summed E-state index contributed by atoms with van der Waals surface area (Å²) in [6.45, 7) is 0.709. The van der Waals surface area contributed by atoms with E-state index in [1.54, 1.807) is 0 Å². The average molecular weight is 328 g/mol. The average Bonchev–Trinajstić information content (AvgIpc) is 3.38. The van der Waals surface area contributed by atoms with Gasteiger partial charge in [-0.15, -0.1) is 0 Å². The van der Waals surface area contributed by atoms with Crippen LogP contribution in [0.1, 0.15) is 16.1 Å². The number of aromatic nitrogens is 3. The molecule has 0 saturated carbocycles. The Bertz CT molecular complexity index is 1080. The van der Waals surface area contributed by atoms with E-state index < -0.39 is 0 Å². The van der Waals surface area contributed by atoms with Crippen LogP contribution in [0.4, 0.5) is 5.69 Å². The molecule has 1 aromatic carbocycles. The number of hydrogen-bond donors (Lipinski definition) is 1. The Morgan fingerprint density at radius 3 is 2.84 bits per heavy atom. The van der Waals surface area contributed by atoms with Crippen molar-refractivity contribution >= 4 is 17.2 Å². The zero-order valence-electron chi connectivity index (χ0n) is 13.5. The van der Waals surface area contributed by atoms with E-state index in [-0.39, 0.29) is 5.91 Å². The Hall–Kier alpha value is -3.34. The number of nitrogens with zero attached hydrogens (tertiary/aromatic N) is 3. The maximum atomic E-state index is 12.9. The molecule has 1 amide bonds. The molecular formula is C20H16N4O. The Morgan fingerprint density at radius 1 is 1.04 bits per heavy atom. The van der Waals surface area contributed by atoms with Gasteiger partial charge in [0.05, 0.1) is 0 Å². The number of carbonyl (C=O) groups is 1. The molecule has 1 N–H and O–H groups in total. The first-order chi connectivity index (χ1) is 12.3. The van der Waals surface area contributed by atoms with Crippen LogP contribution >= 0.6 is 0 Å².